The zero-order chi connectivity index (χ0) is 53.2. The molecule has 1 fully saturated rings. The number of furan rings is 1. The Bertz CT molecular complexity index is 4270. The molecule has 0 bridgehead atoms. The Morgan fingerprint density at radius 3 is 1.62 bits per heavy atom. The van der Waals surface area contributed by atoms with E-state index in [9.17, 15) is 0 Å². The highest BCUT2D eigenvalue weighted by Gasteiger charge is 2.58. The highest BCUT2D eigenvalue weighted by atomic mass is 32.1. The average Bonchev–Trinajstić information content (AvgIpc) is 3.50. The highest BCUT2D eigenvalue weighted by Crippen LogP contribution is 2.63. The zero-order valence-corrected chi connectivity index (χ0v) is 48.1. The van der Waals surface area contributed by atoms with Crippen LogP contribution in [0, 0.1) is 0 Å². The van der Waals surface area contributed by atoms with Gasteiger partial charge in [0.2, 0.25) is 0 Å². The lowest BCUT2D eigenvalue weighted by Crippen LogP contribution is -2.62. The van der Waals surface area contributed by atoms with Gasteiger partial charge >= 0.3 is 0 Å². The largest absolute Gasteiger partial charge is 0.454 e. The van der Waals surface area contributed by atoms with Crippen LogP contribution in [0.3, 0.4) is 0 Å². The van der Waals surface area contributed by atoms with Gasteiger partial charge in [-0.15, -0.1) is 11.3 Å². The minimum Gasteiger partial charge on any atom is -0.454 e. The Morgan fingerprint density at radius 1 is 0.423 bits per heavy atom. The van der Waals surface area contributed by atoms with E-state index in [0.29, 0.717) is 0 Å². The first kappa shape index (κ1) is 47.3. The van der Waals surface area contributed by atoms with Crippen molar-refractivity contribution < 1.29 is 4.42 Å². The number of nitrogens with zero attached hydrogens (tertiary/aromatic N) is 3. The van der Waals surface area contributed by atoms with Gasteiger partial charge in [0, 0.05) is 70.5 Å². The quantitative estimate of drug-likeness (QED) is 0.165. The van der Waals surface area contributed by atoms with Crippen LogP contribution >= 0.6 is 11.3 Å². The van der Waals surface area contributed by atoms with E-state index in [2.05, 4.69) is 230 Å². The van der Waals surface area contributed by atoms with E-state index >= 15 is 0 Å². The SMILES string of the molecule is CC1(C)CCC(C)(C)c2cc3c(cc21)B1c2cc4c(cc2N(c2cccc5sc6ccccc6c25)c2cc(N5c6ccccc6C6(C)CCCCC56C)cc(c21)N3c1cccc2c1oc1ccccc12)C(C)(C)CCC4(C)C. The molecule has 3 aliphatic carbocycles. The lowest BCUT2D eigenvalue weighted by Gasteiger charge is -2.51. The fourth-order valence-corrected chi connectivity index (χ4v) is 17.8. The van der Waals surface area contributed by atoms with Gasteiger partial charge in [-0.3, -0.25) is 0 Å². The van der Waals surface area contributed by atoms with Gasteiger partial charge in [-0.05, 0) is 172 Å². The maximum atomic E-state index is 7.20. The molecular weight excluding hydrogens is 966 g/mol. The monoisotopic (exact) mass is 1040 g/mol. The number of rotatable bonds is 3. The number of hydrogen-bond acceptors (Lipinski definition) is 5. The van der Waals surface area contributed by atoms with E-state index in [-0.39, 0.29) is 39.3 Å². The van der Waals surface area contributed by atoms with E-state index in [4.69, 9.17) is 4.42 Å². The Hall–Kier alpha value is -6.76. The van der Waals surface area contributed by atoms with Crippen molar-refractivity contribution >= 4 is 122 Å². The molecule has 4 nitrogen and oxygen atoms in total. The number of benzene rings is 8. The molecule has 2 atom stereocenters. The third-order valence-electron chi connectivity index (χ3n) is 21.5. The van der Waals surface area contributed by atoms with Gasteiger partial charge in [0.15, 0.2) is 5.58 Å². The van der Waals surface area contributed by atoms with Crippen molar-refractivity contribution in [3.63, 3.8) is 0 Å². The van der Waals surface area contributed by atoms with Crippen LogP contribution in [0.25, 0.3) is 42.1 Å². The highest BCUT2D eigenvalue weighted by molar-refractivity contribution is 7.26. The van der Waals surface area contributed by atoms with Crippen molar-refractivity contribution in [2.24, 2.45) is 0 Å². The van der Waals surface area contributed by atoms with Crippen LogP contribution in [0.15, 0.2) is 150 Å². The van der Waals surface area contributed by atoms with Crippen molar-refractivity contribution in [2.45, 2.75) is 153 Å². The Balaban J connectivity index is 1.11. The van der Waals surface area contributed by atoms with Gasteiger partial charge in [0.25, 0.3) is 6.71 Å². The van der Waals surface area contributed by atoms with Crippen molar-refractivity contribution in [3.8, 4) is 0 Å². The summed E-state index contributed by atoms with van der Waals surface area (Å²) in [5, 5.41) is 4.95. The molecule has 2 aromatic heterocycles. The van der Waals surface area contributed by atoms with Crippen LogP contribution in [-0.4, -0.2) is 12.3 Å². The van der Waals surface area contributed by atoms with Crippen LogP contribution in [0.5, 0.6) is 0 Å². The van der Waals surface area contributed by atoms with E-state index in [1.54, 1.807) is 0 Å². The summed E-state index contributed by atoms with van der Waals surface area (Å²) < 4.78 is 9.84. The fourth-order valence-electron chi connectivity index (χ4n) is 16.7. The van der Waals surface area contributed by atoms with Gasteiger partial charge in [-0.2, -0.15) is 0 Å². The predicted octanol–water partition coefficient (Wildman–Crippen LogP) is 18.5. The Labute approximate surface area is 465 Å². The van der Waals surface area contributed by atoms with Crippen molar-refractivity contribution in [1.82, 2.24) is 0 Å². The second-order valence-electron chi connectivity index (χ2n) is 27.6. The molecule has 0 N–H and O–H groups in total. The van der Waals surface area contributed by atoms with Gasteiger partial charge in [-0.25, -0.2) is 0 Å². The van der Waals surface area contributed by atoms with Crippen LogP contribution in [0.4, 0.5) is 45.5 Å². The lowest BCUT2D eigenvalue weighted by molar-refractivity contribution is 0.195. The van der Waals surface area contributed by atoms with E-state index in [0.717, 1.165) is 59.7 Å². The molecule has 78 heavy (non-hydrogen) atoms. The first-order valence-corrected chi connectivity index (χ1v) is 30.1. The first-order valence-electron chi connectivity index (χ1n) is 29.3. The summed E-state index contributed by atoms with van der Waals surface area (Å²) >= 11 is 1.92. The molecule has 2 unspecified atom stereocenters. The molecule has 8 aromatic carbocycles. The number of thiophene rings is 1. The Morgan fingerprint density at radius 2 is 0.936 bits per heavy atom. The van der Waals surface area contributed by atoms with Crippen LogP contribution in [0.1, 0.15) is 148 Å². The molecule has 388 valence electrons. The summed E-state index contributed by atoms with van der Waals surface area (Å²) in [6.07, 6.45) is 9.36. The van der Waals surface area contributed by atoms with Gasteiger partial charge < -0.3 is 19.1 Å². The molecule has 6 aliphatic rings. The third kappa shape index (κ3) is 6.08. The maximum Gasteiger partial charge on any atom is 0.252 e. The topological polar surface area (TPSA) is 22.9 Å². The van der Waals surface area contributed by atoms with Gasteiger partial charge in [0.05, 0.1) is 16.9 Å². The summed E-state index contributed by atoms with van der Waals surface area (Å²) in [4.78, 5) is 8.29. The number of fused-ring (bicyclic) bond motifs is 15. The lowest BCUT2D eigenvalue weighted by atomic mass is 9.32. The van der Waals surface area contributed by atoms with Crippen LogP contribution < -0.4 is 31.1 Å². The Kier molecular flexibility index (Phi) is 9.41. The number of para-hydroxylation sites is 3. The summed E-state index contributed by atoms with van der Waals surface area (Å²) in [5.41, 5.74) is 23.3. The smallest absolute Gasteiger partial charge is 0.252 e. The molecule has 5 heterocycles. The molecule has 0 spiro atoms. The van der Waals surface area contributed by atoms with E-state index in [1.807, 2.05) is 11.3 Å². The summed E-state index contributed by atoms with van der Waals surface area (Å²) in [6, 6.07) is 57.3. The molecule has 6 heteroatoms. The normalized spacial score (nSPS) is 22.7. The molecule has 0 saturated heterocycles. The average molecular weight is 1040 g/mol. The molecule has 16 rings (SSSR count). The first-order chi connectivity index (χ1) is 37.4. The van der Waals surface area contributed by atoms with Gasteiger partial charge in [0.1, 0.15) is 5.58 Å². The minimum atomic E-state index is -0.157. The number of hydrogen-bond donors (Lipinski definition) is 0. The number of anilines is 8. The standard InChI is InChI=1S/C72H70BN3OS/c1-67(2)33-35-69(5,6)50-41-57-52(39-48(50)67)73-53-40-49-51(70(7,8)36-34-68(49,3)4)42-58(53)75(56-27-19-23-45-44-21-11-15-28-61(44)77-66(45)56)60-38-43(76-54-25-14-13-24-47(54)71(9)31-17-18-32-72(71,76)10)37-59(65(60)73)74(57)55-26-20-30-63-64(55)46-22-12-16-29-62(46)78-63/h11-16,19-30,37-42H,17-18,31-36H2,1-10H3. The maximum absolute atomic E-state index is 7.20. The second kappa shape index (κ2) is 15.5. The minimum absolute atomic E-state index is 0.000430. The molecular formula is C72H70BN3OS. The predicted molar refractivity (Wildman–Crippen MR) is 334 cm³/mol. The van der Waals surface area contributed by atoms with Gasteiger partial charge in [-0.1, -0.05) is 160 Å². The van der Waals surface area contributed by atoms with Crippen molar-refractivity contribution in [1.29, 1.82) is 0 Å². The molecule has 3 aliphatic heterocycles. The fraction of sp³-hybridized carbons (Fsp3) is 0.333. The summed E-state index contributed by atoms with van der Waals surface area (Å²) in [6.45, 7) is 25.2. The van der Waals surface area contributed by atoms with Crippen molar-refractivity contribution in [3.05, 3.63) is 173 Å². The van der Waals surface area contributed by atoms with Crippen molar-refractivity contribution in [2.75, 3.05) is 14.7 Å². The van der Waals surface area contributed by atoms with E-state index < -0.39 is 0 Å². The summed E-state index contributed by atoms with van der Waals surface area (Å²) in [5.74, 6) is 0. The van der Waals surface area contributed by atoms with Crippen LogP contribution in [-0.2, 0) is 27.1 Å². The summed E-state index contributed by atoms with van der Waals surface area (Å²) in [7, 11) is 0. The zero-order valence-electron chi connectivity index (χ0n) is 47.2. The molecule has 0 radical (unpaired) electrons. The molecule has 10 aromatic rings. The third-order valence-corrected chi connectivity index (χ3v) is 22.6. The van der Waals surface area contributed by atoms with Crippen LogP contribution in [0.2, 0.25) is 0 Å². The van der Waals surface area contributed by atoms with E-state index in [1.165, 1.54) is 123 Å². The second-order valence-corrected chi connectivity index (χ2v) is 28.7. The molecule has 0 amide bonds. The molecule has 1 saturated carbocycles.